The van der Waals surface area contributed by atoms with Gasteiger partial charge in [0.2, 0.25) is 0 Å². The molecule has 2 heterocycles. The summed E-state index contributed by atoms with van der Waals surface area (Å²) in [6.07, 6.45) is 1.65. The highest BCUT2D eigenvalue weighted by atomic mass is 35.5. The van der Waals surface area contributed by atoms with Gasteiger partial charge in [-0.2, -0.15) is 0 Å². The van der Waals surface area contributed by atoms with Crippen LogP contribution in [-0.2, 0) is 19.4 Å². The van der Waals surface area contributed by atoms with Gasteiger partial charge < -0.3 is 9.30 Å². The molecule has 0 atom stereocenters. The van der Waals surface area contributed by atoms with E-state index in [2.05, 4.69) is 19.9 Å². The van der Waals surface area contributed by atoms with Gasteiger partial charge in [-0.3, -0.25) is 0 Å². The van der Waals surface area contributed by atoms with Crippen molar-refractivity contribution >= 4 is 34.0 Å². The predicted molar refractivity (Wildman–Crippen MR) is 86.5 cm³/mol. The molecule has 0 fully saturated rings. The Bertz CT molecular complexity index is 724. The molecule has 2 aromatic heterocycles. The maximum atomic E-state index is 5.91. The number of halogens is 1. The zero-order valence-electron chi connectivity index (χ0n) is 11.8. The Morgan fingerprint density at radius 3 is 2.95 bits per heavy atom. The van der Waals surface area contributed by atoms with Gasteiger partial charge in [0.25, 0.3) is 0 Å². The second-order valence-corrected chi connectivity index (χ2v) is 5.80. The summed E-state index contributed by atoms with van der Waals surface area (Å²) in [5, 5.41) is 2.08. The van der Waals surface area contributed by atoms with Gasteiger partial charge in [-0.05, 0) is 12.1 Å². The molecule has 0 bridgehead atoms. The van der Waals surface area contributed by atoms with Gasteiger partial charge in [-0.1, -0.05) is 0 Å². The average Bonchev–Trinajstić information content (AvgIpc) is 3.12. The van der Waals surface area contributed by atoms with Crippen molar-refractivity contribution in [2.75, 3.05) is 13.0 Å². The van der Waals surface area contributed by atoms with Crippen LogP contribution in [0, 0.1) is 0 Å². The lowest BCUT2D eigenvalue weighted by molar-refractivity contribution is 0.415. The lowest BCUT2D eigenvalue weighted by atomic mass is 10.2. The van der Waals surface area contributed by atoms with E-state index in [1.54, 1.807) is 18.4 Å². The van der Waals surface area contributed by atoms with Gasteiger partial charge in [0.15, 0.2) is 0 Å². The molecule has 0 radical (unpaired) electrons. The monoisotopic (exact) mass is 321 g/mol. The molecule has 3 aromatic rings. The van der Waals surface area contributed by atoms with Crippen LogP contribution in [0.5, 0.6) is 5.75 Å². The van der Waals surface area contributed by atoms with E-state index in [-0.39, 0.29) is 0 Å². The summed E-state index contributed by atoms with van der Waals surface area (Å²) in [4.78, 5) is 9.02. The van der Waals surface area contributed by atoms with Crippen molar-refractivity contribution < 1.29 is 4.74 Å². The quantitative estimate of drug-likeness (QED) is 0.652. The Morgan fingerprint density at radius 1 is 1.33 bits per heavy atom. The number of aromatic nitrogens is 3. The molecule has 0 amide bonds. The second-order valence-electron chi connectivity index (χ2n) is 4.70. The van der Waals surface area contributed by atoms with Crippen molar-refractivity contribution in [3.8, 4) is 5.75 Å². The maximum absolute atomic E-state index is 5.91. The van der Waals surface area contributed by atoms with Crippen molar-refractivity contribution in [1.29, 1.82) is 0 Å². The summed E-state index contributed by atoms with van der Waals surface area (Å²) in [6.45, 7) is 0.847. The molecule has 0 N–H and O–H groups in total. The number of hydrogen-bond donors (Lipinski definition) is 0. The van der Waals surface area contributed by atoms with Gasteiger partial charge in [0.1, 0.15) is 11.6 Å². The number of rotatable bonds is 6. The minimum Gasteiger partial charge on any atom is -0.497 e. The molecule has 110 valence electrons. The highest BCUT2D eigenvalue weighted by Crippen LogP contribution is 2.23. The van der Waals surface area contributed by atoms with Gasteiger partial charge in [0.05, 0.1) is 29.3 Å². The molecule has 0 saturated heterocycles. The first-order chi connectivity index (χ1) is 10.3. The van der Waals surface area contributed by atoms with Crippen LogP contribution >= 0.6 is 22.9 Å². The first kappa shape index (κ1) is 14.4. The van der Waals surface area contributed by atoms with Crippen LogP contribution in [0.15, 0.2) is 29.1 Å². The molecule has 0 spiro atoms. The number of aryl methyl sites for hydroxylation is 3. The minimum atomic E-state index is 0.567. The zero-order chi connectivity index (χ0) is 14.7. The summed E-state index contributed by atoms with van der Waals surface area (Å²) in [7, 11) is 1.68. The molecule has 0 aliphatic carbocycles. The Labute approximate surface area is 132 Å². The zero-order valence-corrected chi connectivity index (χ0v) is 13.3. The van der Waals surface area contributed by atoms with Crippen LogP contribution in [0.3, 0.4) is 0 Å². The first-order valence-corrected chi connectivity index (χ1v) is 8.25. The molecule has 1 aromatic carbocycles. The summed E-state index contributed by atoms with van der Waals surface area (Å²) in [5.74, 6) is 2.43. The number of benzene rings is 1. The van der Waals surface area contributed by atoms with Gasteiger partial charge >= 0.3 is 0 Å². The number of hydrogen-bond acceptors (Lipinski definition) is 4. The molecule has 4 nitrogen and oxygen atoms in total. The number of fused-ring (bicyclic) bond motifs is 1. The third-order valence-electron chi connectivity index (χ3n) is 3.43. The SMILES string of the molecule is COc1ccc2nc(CCCl)n(CCc3cscn3)c2c1. The standard InChI is InChI=1S/C15H16ClN3OS/c1-20-12-2-3-13-14(8-12)19(15(18-13)4-6-16)7-5-11-9-21-10-17-11/h2-3,8-10H,4-7H2,1H3. The van der Waals surface area contributed by atoms with E-state index in [9.17, 15) is 0 Å². The molecule has 6 heteroatoms. The van der Waals surface area contributed by atoms with Gasteiger partial charge in [-0.25, -0.2) is 9.97 Å². The number of nitrogens with zero attached hydrogens (tertiary/aromatic N) is 3. The van der Waals surface area contributed by atoms with Gasteiger partial charge in [-0.15, -0.1) is 22.9 Å². The largest absolute Gasteiger partial charge is 0.497 e. The van der Waals surface area contributed by atoms with E-state index < -0.39 is 0 Å². The Morgan fingerprint density at radius 2 is 2.24 bits per heavy atom. The lowest BCUT2D eigenvalue weighted by Gasteiger charge is -2.08. The Hall–Kier alpha value is -1.59. The van der Waals surface area contributed by atoms with Crippen molar-refractivity contribution in [2.24, 2.45) is 0 Å². The van der Waals surface area contributed by atoms with E-state index in [0.29, 0.717) is 5.88 Å². The topological polar surface area (TPSA) is 39.9 Å². The third-order valence-corrected chi connectivity index (χ3v) is 4.25. The highest BCUT2D eigenvalue weighted by Gasteiger charge is 2.11. The maximum Gasteiger partial charge on any atom is 0.121 e. The van der Waals surface area contributed by atoms with Crippen LogP contribution in [0.25, 0.3) is 11.0 Å². The average molecular weight is 322 g/mol. The fourth-order valence-electron chi connectivity index (χ4n) is 2.39. The summed E-state index contributed by atoms with van der Waals surface area (Å²) < 4.78 is 7.54. The first-order valence-electron chi connectivity index (χ1n) is 6.78. The van der Waals surface area contributed by atoms with Crippen LogP contribution in [-0.4, -0.2) is 27.5 Å². The Kier molecular flexibility index (Phi) is 4.41. The molecule has 0 aliphatic rings. The predicted octanol–water partition coefficient (Wildman–Crippen LogP) is 3.53. The highest BCUT2D eigenvalue weighted by molar-refractivity contribution is 7.07. The molecule has 0 aliphatic heterocycles. The fraction of sp³-hybridized carbons (Fsp3) is 0.333. The van der Waals surface area contributed by atoms with E-state index >= 15 is 0 Å². The summed E-state index contributed by atoms with van der Waals surface area (Å²) in [5.41, 5.74) is 5.05. The molecule has 3 rings (SSSR count). The normalized spacial score (nSPS) is 11.1. The van der Waals surface area contributed by atoms with Crippen molar-refractivity contribution in [2.45, 2.75) is 19.4 Å². The van der Waals surface area contributed by atoms with E-state index in [4.69, 9.17) is 16.3 Å². The van der Waals surface area contributed by atoms with E-state index in [1.165, 1.54) is 0 Å². The Balaban J connectivity index is 1.97. The molecular weight excluding hydrogens is 306 g/mol. The van der Waals surface area contributed by atoms with E-state index in [0.717, 1.165) is 47.7 Å². The summed E-state index contributed by atoms with van der Waals surface area (Å²) in [6, 6.07) is 5.96. The number of imidazole rings is 1. The van der Waals surface area contributed by atoms with Crippen molar-refractivity contribution in [1.82, 2.24) is 14.5 Å². The van der Waals surface area contributed by atoms with Crippen molar-refractivity contribution in [3.05, 3.63) is 40.6 Å². The summed E-state index contributed by atoms with van der Waals surface area (Å²) >= 11 is 7.53. The molecular formula is C15H16ClN3OS. The van der Waals surface area contributed by atoms with Crippen LogP contribution in [0.2, 0.25) is 0 Å². The van der Waals surface area contributed by atoms with Crippen molar-refractivity contribution in [3.63, 3.8) is 0 Å². The van der Waals surface area contributed by atoms with E-state index in [1.807, 2.05) is 23.7 Å². The van der Waals surface area contributed by atoms with Crippen LogP contribution in [0.4, 0.5) is 0 Å². The number of methoxy groups -OCH3 is 1. The second kappa shape index (κ2) is 6.45. The lowest BCUT2D eigenvalue weighted by Crippen LogP contribution is -2.07. The van der Waals surface area contributed by atoms with Gasteiger partial charge in [0, 0.05) is 36.7 Å². The fourth-order valence-corrected chi connectivity index (χ4v) is 3.15. The third kappa shape index (κ3) is 3.04. The smallest absolute Gasteiger partial charge is 0.121 e. The van der Waals surface area contributed by atoms with Crippen LogP contribution in [0.1, 0.15) is 11.5 Å². The molecule has 0 unspecified atom stereocenters. The minimum absolute atomic E-state index is 0.567. The molecule has 0 saturated carbocycles. The molecule has 21 heavy (non-hydrogen) atoms. The number of ether oxygens (including phenoxy) is 1. The number of thiazole rings is 1. The number of alkyl halides is 1. The van der Waals surface area contributed by atoms with Crippen LogP contribution < -0.4 is 4.74 Å².